The van der Waals surface area contributed by atoms with Crippen molar-refractivity contribution in [3.05, 3.63) is 35.9 Å². The predicted octanol–water partition coefficient (Wildman–Crippen LogP) is 0.882. The summed E-state index contributed by atoms with van der Waals surface area (Å²) in [6.07, 6.45) is 0.120. The van der Waals surface area contributed by atoms with E-state index in [0.29, 0.717) is 6.61 Å². The molecule has 1 heterocycles. The van der Waals surface area contributed by atoms with Crippen LogP contribution in [0.4, 0.5) is 0 Å². The molecule has 1 fully saturated rings. The van der Waals surface area contributed by atoms with Crippen LogP contribution in [-0.2, 0) is 25.7 Å². The number of methoxy groups -OCH3 is 1. The zero-order valence-corrected chi connectivity index (χ0v) is 10.8. The van der Waals surface area contributed by atoms with Gasteiger partial charge in [-0.1, -0.05) is 30.3 Å². The van der Waals surface area contributed by atoms with Crippen LogP contribution in [-0.4, -0.2) is 32.1 Å². The van der Waals surface area contributed by atoms with E-state index in [4.69, 9.17) is 9.47 Å². The molecule has 0 bridgehead atoms. The highest BCUT2D eigenvalue weighted by Crippen LogP contribution is 2.28. The summed E-state index contributed by atoms with van der Waals surface area (Å²) in [5, 5.41) is 2.65. The molecule has 19 heavy (non-hydrogen) atoms. The van der Waals surface area contributed by atoms with Crippen LogP contribution in [0.25, 0.3) is 0 Å². The number of nitrogens with one attached hydrogen (secondary N) is 1. The molecule has 0 saturated carbocycles. The molecule has 1 aromatic carbocycles. The number of benzene rings is 1. The zero-order chi connectivity index (χ0) is 13.7. The van der Waals surface area contributed by atoms with Crippen molar-refractivity contribution in [2.75, 3.05) is 20.3 Å². The van der Waals surface area contributed by atoms with Gasteiger partial charge in [0.1, 0.15) is 5.41 Å². The topological polar surface area (TPSA) is 64.6 Å². The van der Waals surface area contributed by atoms with Crippen molar-refractivity contribution >= 4 is 11.9 Å². The highest BCUT2D eigenvalue weighted by Gasteiger charge is 2.46. The van der Waals surface area contributed by atoms with Gasteiger partial charge in [-0.15, -0.1) is 0 Å². The number of carbonyl (C=O) groups excluding carboxylic acids is 2. The summed E-state index contributed by atoms with van der Waals surface area (Å²) in [5.41, 5.74) is 0.139. The van der Waals surface area contributed by atoms with Crippen molar-refractivity contribution in [2.45, 2.75) is 13.0 Å². The average Bonchev–Trinajstić information content (AvgIpc) is 2.82. The van der Waals surface area contributed by atoms with Crippen molar-refractivity contribution in [1.82, 2.24) is 5.32 Å². The molecule has 1 amide bonds. The van der Waals surface area contributed by atoms with Crippen molar-refractivity contribution in [3.8, 4) is 0 Å². The van der Waals surface area contributed by atoms with Gasteiger partial charge in [-0.05, 0) is 5.56 Å². The van der Waals surface area contributed by atoms with E-state index in [-0.39, 0.29) is 25.5 Å². The van der Waals surface area contributed by atoms with Crippen LogP contribution in [0, 0.1) is 5.41 Å². The number of hydrogen-bond acceptors (Lipinski definition) is 4. The molecule has 0 spiro atoms. The standard InChI is InChI=1S/C14H17NO4/c1-18-13(17)14(7-12(16)15-9-14)10-19-8-11-5-3-2-4-6-11/h2-6H,7-10H2,1H3,(H,15,16)/t14-/m0/s1. The lowest BCUT2D eigenvalue weighted by molar-refractivity contribution is -0.156. The monoisotopic (exact) mass is 263 g/mol. The Labute approximate surface area is 111 Å². The van der Waals surface area contributed by atoms with E-state index in [1.807, 2.05) is 30.3 Å². The van der Waals surface area contributed by atoms with E-state index in [9.17, 15) is 9.59 Å². The van der Waals surface area contributed by atoms with Gasteiger partial charge in [0.15, 0.2) is 0 Å². The Morgan fingerprint density at radius 1 is 1.37 bits per heavy atom. The second-order valence-corrected chi connectivity index (χ2v) is 4.70. The lowest BCUT2D eigenvalue weighted by Crippen LogP contribution is -2.39. The molecule has 1 aromatic rings. The van der Waals surface area contributed by atoms with Crippen LogP contribution >= 0.6 is 0 Å². The molecule has 5 nitrogen and oxygen atoms in total. The van der Waals surface area contributed by atoms with Crippen molar-refractivity contribution in [3.63, 3.8) is 0 Å². The number of rotatable bonds is 5. The second-order valence-electron chi connectivity index (χ2n) is 4.70. The lowest BCUT2D eigenvalue weighted by Gasteiger charge is -2.23. The molecule has 1 atom stereocenters. The highest BCUT2D eigenvalue weighted by atomic mass is 16.5. The molecule has 0 aliphatic carbocycles. The Morgan fingerprint density at radius 2 is 2.11 bits per heavy atom. The Morgan fingerprint density at radius 3 is 2.68 bits per heavy atom. The van der Waals surface area contributed by atoms with Crippen molar-refractivity contribution < 1.29 is 19.1 Å². The third-order valence-corrected chi connectivity index (χ3v) is 3.23. The number of esters is 1. The van der Waals surface area contributed by atoms with Gasteiger partial charge < -0.3 is 14.8 Å². The molecule has 102 valence electrons. The van der Waals surface area contributed by atoms with E-state index < -0.39 is 11.4 Å². The van der Waals surface area contributed by atoms with E-state index in [1.54, 1.807) is 0 Å². The predicted molar refractivity (Wildman–Crippen MR) is 68.2 cm³/mol. The third kappa shape index (κ3) is 3.12. The first-order valence-corrected chi connectivity index (χ1v) is 6.13. The summed E-state index contributed by atoms with van der Waals surface area (Å²) in [6.45, 7) is 0.856. The first-order valence-electron chi connectivity index (χ1n) is 6.13. The van der Waals surface area contributed by atoms with E-state index in [2.05, 4.69) is 5.32 Å². The Bertz CT molecular complexity index is 460. The van der Waals surface area contributed by atoms with Gasteiger partial charge in [0.05, 0.1) is 20.3 Å². The minimum atomic E-state index is -0.888. The molecule has 0 unspecified atom stereocenters. The fraction of sp³-hybridized carbons (Fsp3) is 0.429. The molecular formula is C14H17NO4. The number of ether oxygens (including phenoxy) is 2. The van der Waals surface area contributed by atoms with Gasteiger partial charge in [-0.3, -0.25) is 9.59 Å². The number of carbonyl (C=O) groups is 2. The molecule has 0 radical (unpaired) electrons. The van der Waals surface area contributed by atoms with Crippen molar-refractivity contribution in [1.29, 1.82) is 0 Å². The molecule has 1 saturated heterocycles. The van der Waals surface area contributed by atoms with Crippen LogP contribution in [0.15, 0.2) is 30.3 Å². The van der Waals surface area contributed by atoms with Crippen molar-refractivity contribution in [2.24, 2.45) is 5.41 Å². The number of hydrogen-bond donors (Lipinski definition) is 1. The second kappa shape index (κ2) is 5.84. The Balaban J connectivity index is 1.94. The molecule has 1 N–H and O–H groups in total. The minimum Gasteiger partial charge on any atom is -0.468 e. The molecule has 0 aromatic heterocycles. The van der Waals surface area contributed by atoms with Gasteiger partial charge >= 0.3 is 5.97 Å². The quantitative estimate of drug-likeness (QED) is 0.801. The Hall–Kier alpha value is -1.88. The number of amides is 1. The van der Waals surface area contributed by atoms with Gasteiger partial charge in [0.25, 0.3) is 0 Å². The molecule has 5 heteroatoms. The third-order valence-electron chi connectivity index (χ3n) is 3.23. The fourth-order valence-electron chi connectivity index (χ4n) is 2.16. The summed E-state index contributed by atoms with van der Waals surface area (Å²) in [7, 11) is 1.32. The average molecular weight is 263 g/mol. The zero-order valence-electron chi connectivity index (χ0n) is 10.8. The van der Waals surface area contributed by atoms with Gasteiger partial charge in [0.2, 0.25) is 5.91 Å². The normalized spacial score (nSPS) is 22.1. The van der Waals surface area contributed by atoms with Gasteiger partial charge in [0, 0.05) is 13.0 Å². The van der Waals surface area contributed by atoms with Crippen LogP contribution in [0.5, 0.6) is 0 Å². The van der Waals surface area contributed by atoms with E-state index in [1.165, 1.54) is 7.11 Å². The van der Waals surface area contributed by atoms with Crippen LogP contribution in [0.2, 0.25) is 0 Å². The maximum atomic E-state index is 11.8. The van der Waals surface area contributed by atoms with Crippen LogP contribution < -0.4 is 5.32 Å². The maximum absolute atomic E-state index is 11.8. The summed E-state index contributed by atoms with van der Waals surface area (Å²) in [6, 6.07) is 9.68. The first-order chi connectivity index (χ1) is 9.16. The minimum absolute atomic E-state index is 0.120. The van der Waals surface area contributed by atoms with Gasteiger partial charge in [-0.2, -0.15) is 0 Å². The summed E-state index contributed by atoms with van der Waals surface area (Å²) < 4.78 is 10.4. The SMILES string of the molecule is COC(=O)[C@]1(COCc2ccccc2)CNC(=O)C1. The maximum Gasteiger partial charge on any atom is 0.316 e. The summed E-state index contributed by atoms with van der Waals surface area (Å²) in [4.78, 5) is 23.2. The summed E-state index contributed by atoms with van der Waals surface area (Å²) >= 11 is 0. The first kappa shape index (κ1) is 13.5. The molecule has 1 aliphatic rings. The molecular weight excluding hydrogens is 246 g/mol. The summed E-state index contributed by atoms with van der Waals surface area (Å²) in [5.74, 6) is -0.548. The smallest absolute Gasteiger partial charge is 0.316 e. The Kier molecular flexibility index (Phi) is 4.16. The highest BCUT2D eigenvalue weighted by molar-refractivity contribution is 5.89. The fourth-order valence-corrected chi connectivity index (χ4v) is 2.16. The molecule has 2 rings (SSSR count). The van der Waals surface area contributed by atoms with Gasteiger partial charge in [-0.25, -0.2) is 0 Å². The van der Waals surface area contributed by atoms with Crippen LogP contribution in [0.3, 0.4) is 0 Å². The van der Waals surface area contributed by atoms with Crippen LogP contribution in [0.1, 0.15) is 12.0 Å². The van der Waals surface area contributed by atoms with E-state index >= 15 is 0 Å². The largest absolute Gasteiger partial charge is 0.468 e. The molecule has 1 aliphatic heterocycles. The van der Waals surface area contributed by atoms with E-state index in [0.717, 1.165) is 5.56 Å². The lowest BCUT2D eigenvalue weighted by atomic mass is 9.88.